The van der Waals surface area contributed by atoms with Crippen molar-refractivity contribution in [3.8, 4) is 0 Å². The standard InChI is InChI=1S/C11H18O2/c1-8-4-6-11(10(8,2)3)7-5-9(12)13-11/h8H,4-7H2,1-3H3. The van der Waals surface area contributed by atoms with Crippen molar-refractivity contribution < 1.29 is 9.53 Å². The number of carbonyl (C=O) groups is 1. The van der Waals surface area contributed by atoms with E-state index in [0.717, 1.165) is 12.8 Å². The highest BCUT2D eigenvalue weighted by Gasteiger charge is 2.57. The molecule has 13 heavy (non-hydrogen) atoms. The van der Waals surface area contributed by atoms with Crippen molar-refractivity contribution in [2.45, 2.75) is 52.1 Å². The van der Waals surface area contributed by atoms with E-state index in [1.807, 2.05) is 0 Å². The molecule has 1 saturated heterocycles. The monoisotopic (exact) mass is 182 g/mol. The molecular formula is C11H18O2. The molecule has 2 aliphatic rings. The van der Waals surface area contributed by atoms with Crippen LogP contribution in [0.4, 0.5) is 0 Å². The summed E-state index contributed by atoms with van der Waals surface area (Å²) in [5.41, 5.74) is 0.0443. The average Bonchev–Trinajstić information content (AvgIpc) is 2.52. The summed E-state index contributed by atoms with van der Waals surface area (Å²) in [5.74, 6) is 0.667. The van der Waals surface area contributed by atoms with Crippen LogP contribution in [0.2, 0.25) is 0 Å². The van der Waals surface area contributed by atoms with Gasteiger partial charge in [-0.3, -0.25) is 4.79 Å². The van der Waals surface area contributed by atoms with Gasteiger partial charge in [0.15, 0.2) is 0 Å². The minimum atomic E-state index is -0.122. The summed E-state index contributed by atoms with van der Waals surface area (Å²) >= 11 is 0. The second-order valence-corrected chi connectivity index (χ2v) is 5.13. The van der Waals surface area contributed by atoms with Crippen molar-refractivity contribution in [1.82, 2.24) is 0 Å². The Labute approximate surface area is 79.7 Å². The number of esters is 1. The van der Waals surface area contributed by atoms with Gasteiger partial charge >= 0.3 is 5.97 Å². The van der Waals surface area contributed by atoms with Gasteiger partial charge in [-0.15, -0.1) is 0 Å². The van der Waals surface area contributed by atoms with Crippen molar-refractivity contribution >= 4 is 5.97 Å². The molecular weight excluding hydrogens is 164 g/mol. The Bertz CT molecular complexity index is 244. The van der Waals surface area contributed by atoms with Crippen LogP contribution in [-0.4, -0.2) is 11.6 Å². The van der Waals surface area contributed by atoms with Crippen LogP contribution in [0, 0.1) is 11.3 Å². The predicted octanol–water partition coefficient (Wildman–Crippen LogP) is 2.52. The van der Waals surface area contributed by atoms with E-state index in [4.69, 9.17) is 4.74 Å². The average molecular weight is 182 g/mol. The first-order valence-electron chi connectivity index (χ1n) is 5.20. The van der Waals surface area contributed by atoms with Crippen molar-refractivity contribution in [2.75, 3.05) is 0 Å². The molecule has 2 rings (SSSR count). The third kappa shape index (κ3) is 1.04. The smallest absolute Gasteiger partial charge is 0.306 e. The van der Waals surface area contributed by atoms with E-state index in [1.165, 1.54) is 6.42 Å². The Morgan fingerprint density at radius 2 is 2.08 bits per heavy atom. The zero-order valence-electron chi connectivity index (χ0n) is 8.72. The van der Waals surface area contributed by atoms with Crippen LogP contribution in [0.15, 0.2) is 0 Å². The zero-order valence-corrected chi connectivity index (χ0v) is 8.72. The van der Waals surface area contributed by atoms with Gasteiger partial charge in [-0.1, -0.05) is 20.8 Å². The molecule has 0 aromatic carbocycles. The quantitative estimate of drug-likeness (QED) is 0.538. The van der Waals surface area contributed by atoms with Gasteiger partial charge in [-0.25, -0.2) is 0 Å². The Balaban J connectivity index is 2.29. The van der Waals surface area contributed by atoms with Crippen LogP contribution >= 0.6 is 0 Å². The predicted molar refractivity (Wildman–Crippen MR) is 50.2 cm³/mol. The first-order chi connectivity index (χ1) is 5.98. The molecule has 1 heterocycles. The Morgan fingerprint density at radius 1 is 1.38 bits per heavy atom. The molecule has 0 N–H and O–H groups in total. The number of carbonyl (C=O) groups excluding carboxylic acids is 1. The fraction of sp³-hybridized carbons (Fsp3) is 0.909. The molecule has 2 atom stereocenters. The summed E-state index contributed by atoms with van der Waals surface area (Å²) in [7, 11) is 0. The molecule has 2 nitrogen and oxygen atoms in total. The van der Waals surface area contributed by atoms with Crippen molar-refractivity contribution in [3.05, 3.63) is 0 Å². The molecule has 2 unspecified atom stereocenters. The summed E-state index contributed by atoms with van der Waals surface area (Å²) in [6, 6.07) is 0. The van der Waals surface area contributed by atoms with Gasteiger partial charge in [-0.2, -0.15) is 0 Å². The second kappa shape index (κ2) is 2.49. The third-order valence-electron chi connectivity index (χ3n) is 4.43. The second-order valence-electron chi connectivity index (χ2n) is 5.13. The van der Waals surface area contributed by atoms with Crippen LogP contribution in [0.3, 0.4) is 0 Å². The molecule has 0 radical (unpaired) electrons. The van der Waals surface area contributed by atoms with Crippen LogP contribution in [-0.2, 0) is 9.53 Å². The first kappa shape index (κ1) is 9.04. The maximum atomic E-state index is 11.2. The van der Waals surface area contributed by atoms with Gasteiger partial charge in [0.2, 0.25) is 0 Å². The Kier molecular flexibility index (Phi) is 1.73. The fourth-order valence-electron chi connectivity index (χ4n) is 2.84. The Morgan fingerprint density at radius 3 is 2.46 bits per heavy atom. The van der Waals surface area contributed by atoms with Crippen molar-refractivity contribution in [2.24, 2.45) is 11.3 Å². The molecule has 0 aromatic heterocycles. The lowest BCUT2D eigenvalue weighted by atomic mass is 9.72. The topological polar surface area (TPSA) is 26.3 Å². The van der Waals surface area contributed by atoms with Gasteiger partial charge in [0.1, 0.15) is 5.60 Å². The van der Waals surface area contributed by atoms with Gasteiger partial charge in [0, 0.05) is 11.8 Å². The molecule has 1 spiro atoms. The van der Waals surface area contributed by atoms with Crippen LogP contribution in [0.25, 0.3) is 0 Å². The van der Waals surface area contributed by atoms with E-state index in [9.17, 15) is 4.79 Å². The lowest BCUT2D eigenvalue weighted by Gasteiger charge is -2.39. The first-order valence-corrected chi connectivity index (χ1v) is 5.20. The fourth-order valence-corrected chi connectivity index (χ4v) is 2.84. The number of hydrogen-bond donors (Lipinski definition) is 0. The van der Waals surface area contributed by atoms with E-state index < -0.39 is 0 Å². The Hall–Kier alpha value is -0.530. The molecule has 1 aliphatic heterocycles. The minimum absolute atomic E-state index is 0.00201. The third-order valence-corrected chi connectivity index (χ3v) is 4.43. The molecule has 2 fully saturated rings. The largest absolute Gasteiger partial charge is 0.458 e. The molecule has 0 bridgehead atoms. The highest BCUT2D eigenvalue weighted by atomic mass is 16.6. The van der Waals surface area contributed by atoms with Crippen molar-refractivity contribution in [3.63, 3.8) is 0 Å². The maximum Gasteiger partial charge on any atom is 0.306 e. The number of rotatable bonds is 0. The van der Waals surface area contributed by atoms with Crippen molar-refractivity contribution in [1.29, 1.82) is 0 Å². The summed E-state index contributed by atoms with van der Waals surface area (Å²) < 4.78 is 5.56. The lowest BCUT2D eigenvalue weighted by molar-refractivity contribution is -0.157. The van der Waals surface area contributed by atoms with E-state index in [1.54, 1.807) is 0 Å². The van der Waals surface area contributed by atoms with Gasteiger partial charge in [0.05, 0.1) is 0 Å². The van der Waals surface area contributed by atoms with Gasteiger partial charge in [0.25, 0.3) is 0 Å². The van der Waals surface area contributed by atoms with E-state index >= 15 is 0 Å². The van der Waals surface area contributed by atoms with Crippen LogP contribution in [0.1, 0.15) is 46.5 Å². The summed E-state index contributed by atoms with van der Waals surface area (Å²) in [5, 5.41) is 0. The number of ether oxygens (including phenoxy) is 1. The van der Waals surface area contributed by atoms with E-state index in [0.29, 0.717) is 12.3 Å². The molecule has 0 aromatic rings. The summed E-state index contributed by atoms with van der Waals surface area (Å²) in [4.78, 5) is 11.2. The molecule has 2 heteroatoms. The highest BCUT2D eigenvalue weighted by molar-refractivity contribution is 5.72. The van der Waals surface area contributed by atoms with E-state index in [-0.39, 0.29) is 17.0 Å². The summed E-state index contributed by atoms with van der Waals surface area (Å²) in [6.45, 7) is 6.74. The number of hydrogen-bond acceptors (Lipinski definition) is 2. The lowest BCUT2D eigenvalue weighted by Crippen LogP contribution is -2.42. The molecule has 0 amide bonds. The van der Waals surface area contributed by atoms with Crippen LogP contribution in [0.5, 0.6) is 0 Å². The van der Waals surface area contributed by atoms with E-state index in [2.05, 4.69) is 20.8 Å². The molecule has 1 aliphatic carbocycles. The van der Waals surface area contributed by atoms with Crippen LogP contribution < -0.4 is 0 Å². The maximum absolute atomic E-state index is 11.2. The normalized spacial score (nSPS) is 42.7. The molecule has 1 saturated carbocycles. The van der Waals surface area contributed by atoms with Gasteiger partial charge in [-0.05, 0) is 25.2 Å². The van der Waals surface area contributed by atoms with Gasteiger partial charge < -0.3 is 4.74 Å². The SMILES string of the molecule is CC1CCC2(CCC(=O)O2)C1(C)C. The summed E-state index contributed by atoms with van der Waals surface area (Å²) in [6.07, 6.45) is 3.81. The molecule has 74 valence electrons. The highest BCUT2D eigenvalue weighted by Crippen LogP contribution is 2.56. The zero-order chi connectivity index (χ0) is 9.69. The minimum Gasteiger partial charge on any atom is -0.458 e.